The van der Waals surface area contributed by atoms with E-state index in [-0.39, 0.29) is 19.0 Å². The Labute approximate surface area is 234 Å². The third-order valence-electron chi connectivity index (χ3n) is 6.06. The van der Waals surface area contributed by atoms with Crippen LogP contribution in [-0.4, -0.2) is 72.8 Å². The molecule has 214 valence electrons. The van der Waals surface area contributed by atoms with Gasteiger partial charge in [-0.3, -0.25) is 24.8 Å². The van der Waals surface area contributed by atoms with Crippen LogP contribution in [0.2, 0.25) is 0 Å². The molecule has 1 aromatic rings. The number of hydrogen-bond acceptors (Lipinski definition) is 9. The Kier molecular flexibility index (Phi) is 14.1. The van der Waals surface area contributed by atoms with E-state index in [1.165, 1.54) is 31.7 Å². The summed E-state index contributed by atoms with van der Waals surface area (Å²) in [6, 6.07) is 7.23. The Morgan fingerprint density at radius 1 is 1.21 bits per heavy atom. The Balaban J connectivity index is 1.74. The van der Waals surface area contributed by atoms with Crippen molar-refractivity contribution in [3.63, 3.8) is 0 Å². The van der Waals surface area contributed by atoms with E-state index in [1.807, 2.05) is 18.3 Å². The number of ether oxygens (including phenoxy) is 1. The van der Waals surface area contributed by atoms with E-state index < -0.39 is 22.6 Å². The highest BCUT2D eigenvalue weighted by atomic mass is 32.2. The number of carbonyl (C=O) groups is 2. The normalized spacial score (nSPS) is 15.0. The lowest BCUT2D eigenvalue weighted by atomic mass is 10.0. The largest absolute Gasteiger partial charge is 0.494 e. The molecule has 1 unspecified atom stereocenters. The van der Waals surface area contributed by atoms with E-state index in [4.69, 9.17) is 10.00 Å². The van der Waals surface area contributed by atoms with Gasteiger partial charge in [-0.1, -0.05) is 18.6 Å². The number of amides is 2. The lowest BCUT2D eigenvalue weighted by Gasteiger charge is -2.30. The summed E-state index contributed by atoms with van der Waals surface area (Å²) in [6.07, 6.45) is 6.34. The standard InChI is InChI=1S/C26H40N8O4S/c1-20(35)32-23(26(2,3)39-33-37)24(36)28-12-13-30-25(31-19-27)29-11-8-16-38-22-10-7-9-21(17-22)18-34-14-5-4-6-15-34/h7,9-10,17,23H,4-6,8,11-16,18H2,1-3H3,(H,28,36)(H,32,35)(H2,29,30,31). The third kappa shape index (κ3) is 12.4. The summed E-state index contributed by atoms with van der Waals surface area (Å²) in [5, 5.41) is 19.8. The highest BCUT2D eigenvalue weighted by Crippen LogP contribution is 2.29. The number of nitrogens with zero attached hydrogens (tertiary/aromatic N) is 4. The number of aliphatic imine (C=N–C) groups is 1. The number of likely N-dealkylation sites (tertiary alicyclic amines) is 1. The summed E-state index contributed by atoms with van der Waals surface area (Å²) in [4.78, 5) is 41.7. The number of carbonyl (C=O) groups excluding carboxylic acids is 2. The maximum atomic E-state index is 12.6. The number of hydrogen-bond donors (Lipinski definition) is 4. The minimum Gasteiger partial charge on any atom is -0.494 e. The second kappa shape index (κ2) is 17.3. The van der Waals surface area contributed by atoms with Crippen LogP contribution in [0, 0.1) is 16.4 Å². The topological polar surface area (TPSA) is 160 Å². The second-order valence-electron chi connectivity index (χ2n) is 9.77. The van der Waals surface area contributed by atoms with Crippen molar-refractivity contribution in [3.05, 3.63) is 34.7 Å². The molecule has 1 fully saturated rings. The first-order valence-electron chi connectivity index (χ1n) is 13.2. The summed E-state index contributed by atoms with van der Waals surface area (Å²) < 4.78 is 7.76. The van der Waals surface area contributed by atoms with Crippen molar-refractivity contribution in [2.75, 3.05) is 39.3 Å². The smallest absolute Gasteiger partial charge is 0.244 e. The Bertz CT molecular complexity index is 1010. The molecule has 12 nitrogen and oxygen atoms in total. The van der Waals surface area contributed by atoms with Crippen LogP contribution in [-0.2, 0) is 16.1 Å². The van der Waals surface area contributed by atoms with E-state index >= 15 is 0 Å². The van der Waals surface area contributed by atoms with E-state index in [0.29, 0.717) is 31.5 Å². The molecule has 0 bridgehead atoms. The van der Waals surface area contributed by atoms with Crippen LogP contribution in [0.3, 0.4) is 0 Å². The summed E-state index contributed by atoms with van der Waals surface area (Å²) in [5.74, 6) is 0.280. The summed E-state index contributed by atoms with van der Waals surface area (Å²) in [6.45, 7) is 9.24. The predicted molar refractivity (Wildman–Crippen MR) is 153 cm³/mol. The zero-order valence-corrected chi connectivity index (χ0v) is 23.8. The van der Waals surface area contributed by atoms with Gasteiger partial charge in [0.2, 0.25) is 17.8 Å². The highest BCUT2D eigenvalue weighted by Gasteiger charge is 2.37. The molecule has 1 atom stereocenters. The quantitative estimate of drug-likeness (QED) is 0.0480. The number of nitroso groups, excluding NO2 is 1. The molecule has 0 saturated carbocycles. The first-order valence-corrected chi connectivity index (χ1v) is 14.0. The zero-order chi connectivity index (χ0) is 28.5. The molecule has 39 heavy (non-hydrogen) atoms. The molecule has 0 aromatic heterocycles. The van der Waals surface area contributed by atoms with E-state index in [1.54, 1.807) is 13.8 Å². The average Bonchev–Trinajstić information content (AvgIpc) is 2.90. The van der Waals surface area contributed by atoms with Crippen LogP contribution in [0.4, 0.5) is 0 Å². The van der Waals surface area contributed by atoms with Crippen molar-refractivity contribution in [1.29, 1.82) is 5.26 Å². The molecule has 1 aliphatic rings. The predicted octanol–water partition coefficient (Wildman–Crippen LogP) is 2.27. The number of guanidine groups is 1. The molecule has 4 N–H and O–H groups in total. The van der Waals surface area contributed by atoms with Gasteiger partial charge in [0.1, 0.15) is 11.8 Å². The van der Waals surface area contributed by atoms with Gasteiger partial charge in [0, 0.05) is 56.1 Å². The fourth-order valence-corrected chi connectivity index (χ4v) is 4.59. The molecule has 1 aliphatic heterocycles. The third-order valence-corrected chi connectivity index (χ3v) is 6.84. The first-order chi connectivity index (χ1) is 18.7. The number of nitriles is 1. The van der Waals surface area contributed by atoms with E-state index in [9.17, 15) is 14.5 Å². The van der Waals surface area contributed by atoms with Crippen LogP contribution in [0.25, 0.3) is 0 Å². The maximum absolute atomic E-state index is 12.6. The molecule has 0 radical (unpaired) electrons. The molecule has 1 saturated heterocycles. The maximum Gasteiger partial charge on any atom is 0.244 e. The summed E-state index contributed by atoms with van der Waals surface area (Å²) >= 11 is 0.683. The Morgan fingerprint density at radius 3 is 2.64 bits per heavy atom. The van der Waals surface area contributed by atoms with Crippen molar-refractivity contribution < 1.29 is 14.3 Å². The van der Waals surface area contributed by atoms with Crippen molar-refractivity contribution >= 4 is 29.7 Å². The van der Waals surface area contributed by atoms with Crippen molar-refractivity contribution in [2.24, 2.45) is 9.57 Å². The van der Waals surface area contributed by atoms with Gasteiger partial charge in [-0.2, -0.15) is 5.26 Å². The van der Waals surface area contributed by atoms with Crippen LogP contribution in [0.5, 0.6) is 5.75 Å². The zero-order valence-electron chi connectivity index (χ0n) is 23.0. The van der Waals surface area contributed by atoms with Gasteiger partial charge in [-0.15, -0.1) is 4.91 Å². The number of rotatable bonds is 15. The van der Waals surface area contributed by atoms with Gasteiger partial charge in [-0.05, 0) is 57.5 Å². The van der Waals surface area contributed by atoms with E-state index in [2.05, 4.69) is 47.9 Å². The van der Waals surface area contributed by atoms with E-state index in [0.717, 1.165) is 25.4 Å². The van der Waals surface area contributed by atoms with Crippen molar-refractivity contribution in [1.82, 2.24) is 26.2 Å². The first kappa shape index (κ1) is 31.8. The Hall–Kier alpha value is -3.37. The lowest BCUT2D eigenvalue weighted by Crippen LogP contribution is -2.56. The molecule has 2 amide bonds. The Morgan fingerprint density at radius 2 is 1.95 bits per heavy atom. The number of benzene rings is 1. The fourth-order valence-electron chi connectivity index (χ4n) is 4.12. The minimum atomic E-state index is -0.950. The van der Waals surface area contributed by atoms with Gasteiger partial charge >= 0.3 is 0 Å². The molecular formula is C26H40N8O4S. The second-order valence-corrected chi connectivity index (χ2v) is 11.2. The number of piperidine rings is 1. The molecule has 1 heterocycles. The minimum absolute atomic E-state index is 0.202. The molecule has 1 aromatic carbocycles. The van der Waals surface area contributed by atoms with Gasteiger partial charge < -0.3 is 20.7 Å². The summed E-state index contributed by atoms with van der Waals surface area (Å²) in [7, 11) is 0. The van der Waals surface area contributed by atoms with Crippen LogP contribution in [0.1, 0.15) is 52.0 Å². The van der Waals surface area contributed by atoms with Gasteiger partial charge in [0.05, 0.1) is 11.4 Å². The molecule has 2 rings (SSSR count). The SMILES string of the molecule is CC(=O)NC(C(=O)NCCNC(=NCCCOc1cccc(CN2CCCCC2)c1)NC#N)C(C)(C)SN=O. The van der Waals surface area contributed by atoms with Gasteiger partial charge in [-0.25, -0.2) is 0 Å². The van der Waals surface area contributed by atoms with Crippen molar-refractivity contribution in [3.8, 4) is 11.9 Å². The molecule has 0 aliphatic carbocycles. The van der Waals surface area contributed by atoms with Crippen LogP contribution < -0.4 is 26.0 Å². The molecule has 13 heteroatoms. The van der Waals surface area contributed by atoms with Gasteiger partial charge in [0.15, 0.2) is 6.19 Å². The van der Waals surface area contributed by atoms with Crippen LogP contribution in [0.15, 0.2) is 33.8 Å². The lowest BCUT2D eigenvalue weighted by molar-refractivity contribution is -0.128. The highest BCUT2D eigenvalue weighted by molar-refractivity contribution is 7.99. The molecular weight excluding hydrogens is 520 g/mol. The monoisotopic (exact) mass is 560 g/mol. The molecule has 0 spiro atoms. The summed E-state index contributed by atoms with van der Waals surface area (Å²) in [5.41, 5.74) is 1.25. The van der Waals surface area contributed by atoms with Gasteiger partial charge in [0.25, 0.3) is 0 Å². The number of nitrogens with one attached hydrogen (secondary N) is 4. The fraction of sp³-hybridized carbons (Fsp3) is 0.615. The average molecular weight is 561 g/mol. The van der Waals surface area contributed by atoms with Crippen LogP contribution >= 0.6 is 11.9 Å². The van der Waals surface area contributed by atoms with Crippen molar-refractivity contribution in [2.45, 2.75) is 63.8 Å².